The van der Waals surface area contributed by atoms with Gasteiger partial charge in [0.15, 0.2) is 0 Å². The van der Waals surface area contributed by atoms with Crippen LogP contribution in [0.3, 0.4) is 0 Å². The summed E-state index contributed by atoms with van der Waals surface area (Å²) in [6.45, 7) is 8.62. The number of pyridine rings is 4. The van der Waals surface area contributed by atoms with Gasteiger partial charge in [-0.2, -0.15) is 0 Å². The molecule has 10 aromatic rings. The Labute approximate surface area is 422 Å². The van der Waals surface area contributed by atoms with Crippen molar-refractivity contribution in [3.63, 3.8) is 0 Å². The van der Waals surface area contributed by atoms with E-state index in [0.29, 0.717) is 23.4 Å². The van der Waals surface area contributed by atoms with E-state index in [4.69, 9.17) is 28.9 Å². The maximum Gasteiger partial charge on any atom is 0.200 e. The predicted molar refractivity (Wildman–Crippen MR) is 279 cm³/mol. The SMILES string of the molecule is COc1ccnc(Cn2c(S(=O)Cc3nccc(OC)c3C)nc3cc(-n4cccc4)ccc32)c1C.COc1ccnc(Cn2c(S(=O)Cc3nccc(OC)c3C)nc3ccc(-n4cccc4)cc32)c1C. The summed E-state index contributed by atoms with van der Waals surface area (Å²) < 4.78 is 57.4. The Morgan fingerprint density at radius 3 is 1.26 bits per heavy atom. The van der Waals surface area contributed by atoms with E-state index in [0.717, 1.165) is 101 Å². The summed E-state index contributed by atoms with van der Waals surface area (Å²) in [6.07, 6.45) is 14.8. The Kier molecular flexibility index (Phi) is 14.7. The zero-order valence-electron chi connectivity index (χ0n) is 41.3. The molecule has 8 heterocycles. The zero-order chi connectivity index (χ0) is 50.5. The summed E-state index contributed by atoms with van der Waals surface area (Å²) in [7, 11) is 3.60. The maximum absolute atomic E-state index is 13.8. The summed E-state index contributed by atoms with van der Waals surface area (Å²) in [5, 5.41) is 0.949. The van der Waals surface area contributed by atoms with Gasteiger partial charge in [-0.15, -0.1) is 0 Å². The van der Waals surface area contributed by atoms with Gasteiger partial charge in [0.25, 0.3) is 0 Å². The van der Waals surface area contributed by atoms with Crippen LogP contribution in [0.4, 0.5) is 0 Å². The fourth-order valence-corrected chi connectivity index (χ4v) is 11.1. The summed E-state index contributed by atoms with van der Waals surface area (Å²) in [6, 6.07) is 27.3. The number of aromatic nitrogens is 10. The van der Waals surface area contributed by atoms with Crippen molar-refractivity contribution in [2.24, 2.45) is 0 Å². The fraction of sp³-hybridized carbons (Fsp3) is 0.222. The Bertz CT molecular complexity index is 3520. The number of benzene rings is 2. The van der Waals surface area contributed by atoms with E-state index in [9.17, 15) is 8.42 Å². The fourth-order valence-electron chi connectivity index (χ4n) is 8.58. The minimum Gasteiger partial charge on any atom is -0.496 e. The molecule has 16 nitrogen and oxygen atoms in total. The van der Waals surface area contributed by atoms with Crippen LogP contribution < -0.4 is 18.9 Å². The highest BCUT2D eigenvalue weighted by Crippen LogP contribution is 2.30. The Morgan fingerprint density at radius 2 is 0.819 bits per heavy atom. The van der Waals surface area contributed by atoms with Crippen LogP contribution in [-0.4, -0.2) is 85.0 Å². The van der Waals surface area contributed by atoms with Crippen molar-refractivity contribution in [2.45, 2.75) is 62.6 Å². The molecule has 368 valence electrons. The van der Waals surface area contributed by atoms with Gasteiger partial charge < -0.3 is 37.2 Å². The molecule has 72 heavy (non-hydrogen) atoms. The second kappa shape index (κ2) is 21.6. The van der Waals surface area contributed by atoms with Crippen LogP contribution >= 0.6 is 0 Å². The van der Waals surface area contributed by atoms with E-state index in [1.54, 1.807) is 65.4 Å². The first-order valence-electron chi connectivity index (χ1n) is 23.0. The molecular formula is C54H54N10O6S2. The summed E-state index contributed by atoms with van der Waals surface area (Å²) in [5.74, 6) is 3.41. The second-order valence-electron chi connectivity index (χ2n) is 16.8. The molecule has 0 fully saturated rings. The molecule has 0 saturated carbocycles. The van der Waals surface area contributed by atoms with Crippen molar-refractivity contribution in [1.82, 2.24) is 48.2 Å². The number of fused-ring (bicyclic) bond motifs is 2. The Morgan fingerprint density at radius 1 is 0.444 bits per heavy atom. The third kappa shape index (κ3) is 10.00. The second-order valence-corrected chi connectivity index (χ2v) is 19.5. The summed E-state index contributed by atoms with van der Waals surface area (Å²) in [4.78, 5) is 27.8. The van der Waals surface area contributed by atoms with Gasteiger partial charge in [-0.05, 0) is 113 Å². The Hall–Kier alpha value is -7.96. The number of hydrogen-bond acceptors (Lipinski definition) is 12. The molecule has 0 aliphatic carbocycles. The standard InChI is InChI=1S/2C27H27N5O3S/c1-18-22(28-11-9-25(18)34-3)16-32-24-8-7-20(31-13-5-6-14-31)15-21(24)30-27(32)36(33)17-23-19(2)26(35-4)10-12-29-23;1-18-22(28-11-9-25(18)34-3)16-32-24-15-20(31-13-5-6-14-31)7-8-21(24)30-27(32)36(33)17-23-19(2)26(35-4)10-12-29-23/h2*5-15H,16-17H2,1-4H3. The molecule has 8 aromatic heterocycles. The minimum atomic E-state index is -1.46. The molecule has 18 heteroatoms. The number of hydrogen-bond donors (Lipinski definition) is 0. The van der Waals surface area contributed by atoms with Crippen molar-refractivity contribution < 1.29 is 27.4 Å². The molecule has 0 aliphatic heterocycles. The predicted octanol–water partition coefficient (Wildman–Crippen LogP) is 9.21. The summed E-state index contributed by atoms with van der Waals surface area (Å²) in [5.41, 5.74) is 12.0. The first kappa shape index (κ1) is 49.0. The molecule has 2 unspecified atom stereocenters. The minimum absolute atomic E-state index is 0.224. The van der Waals surface area contributed by atoms with Crippen LogP contribution in [0.15, 0.2) is 145 Å². The monoisotopic (exact) mass is 1000 g/mol. The van der Waals surface area contributed by atoms with Crippen LogP contribution in [0, 0.1) is 27.7 Å². The van der Waals surface area contributed by atoms with Crippen LogP contribution in [0.25, 0.3) is 33.4 Å². The van der Waals surface area contributed by atoms with Gasteiger partial charge in [-0.3, -0.25) is 28.4 Å². The average Bonchev–Trinajstić information content (AvgIpc) is 4.25. The van der Waals surface area contributed by atoms with E-state index < -0.39 is 21.6 Å². The summed E-state index contributed by atoms with van der Waals surface area (Å²) >= 11 is 0. The molecule has 2 aromatic carbocycles. The van der Waals surface area contributed by atoms with Gasteiger partial charge in [-0.25, -0.2) is 9.97 Å². The van der Waals surface area contributed by atoms with Crippen LogP contribution in [0.2, 0.25) is 0 Å². The highest BCUT2D eigenvalue weighted by Gasteiger charge is 2.23. The largest absolute Gasteiger partial charge is 0.496 e. The van der Waals surface area contributed by atoms with Crippen molar-refractivity contribution in [1.29, 1.82) is 0 Å². The van der Waals surface area contributed by atoms with Gasteiger partial charge in [-0.1, -0.05) is 0 Å². The number of ether oxygens (including phenoxy) is 4. The van der Waals surface area contributed by atoms with Gasteiger partial charge in [0.2, 0.25) is 10.3 Å². The molecule has 0 aliphatic rings. The van der Waals surface area contributed by atoms with E-state index in [1.165, 1.54) is 0 Å². The smallest absolute Gasteiger partial charge is 0.200 e. The number of rotatable bonds is 16. The third-order valence-corrected chi connectivity index (χ3v) is 15.2. The van der Waals surface area contributed by atoms with Gasteiger partial charge in [0, 0.05) is 83.2 Å². The zero-order valence-corrected chi connectivity index (χ0v) is 42.9. The van der Waals surface area contributed by atoms with Gasteiger partial charge in [0.05, 0.1) is 119 Å². The quantitative estimate of drug-likeness (QED) is 0.0902. The third-order valence-electron chi connectivity index (χ3n) is 12.7. The number of imidazole rings is 2. The molecule has 10 rings (SSSR count). The molecule has 0 radical (unpaired) electrons. The maximum atomic E-state index is 13.8. The lowest BCUT2D eigenvalue weighted by Crippen LogP contribution is -2.12. The lowest BCUT2D eigenvalue weighted by molar-refractivity contribution is 0.409. The van der Waals surface area contributed by atoms with Crippen LogP contribution in [-0.2, 0) is 46.2 Å². The van der Waals surface area contributed by atoms with Crippen molar-refractivity contribution in [3.8, 4) is 34.4 Å². The normalized spacial score (nSPS) is 12.1. The molecule has 2 atom stereocenters. The topological polar surface area (TPSA) is 168 Å². The Balaban J connectivity index is 0.000000178. The first-order chi connectivity index (χ1) is 35.0. The lowest BCUT2D eigenvalue weighted by Gasteiger charge is -2.14. The van der Waals surface area contributed by atoms with E-state index in [2.05, 4.69) is 26.0 Å². The molecular weight excluding hydrogens is 949 g/mol. The van der Waals surface area contributed by atoms with Crippen LogP contribution in [0.5, 0.6) is 23.0 Å². The first-order valence-corrected chi connectivity index (χ1v) is 25.6. The van der Waals surface area contributed by atoms with E-state index >= 15 is 0 Å². The van der Waals surface area contributed by atoms with E-state index in [1.807, 2.05) is 137 Å². The van der Waals surface area contributed by atoms with Crippen molar-refractivity contribution in [3.05, 3.63) is 180 Å². The van der Waals surface area contributed by atoms with E-state index in [-0.39, 0.29) is 11.5 Å². The molecule has 0 saturated heterocycles. The van der Waals surface area contributed by atoms with Gasteiger partial charge in [0.1, 0.15) is 23.0 Å². The number of methoxy groups -OCH3 is 4. The molecule has 0 bridgehead atoms. The van der Waals surface area contributed by atoms with Crippen LogP contribution in [0.1, 0.15) is 45.0 Å². The van der Waals surface area contributed by atoms with Crippen molar-refractivity contribution in [2.75, 3.05) is 28.4 Å². The average molecular weight is 1000 g/mol. The molecule has 0 N–H and O–H groups in total. The van der Waals surface area contributed by atoms with Gasteiger partial charge >= 0.3 is 0 Å². The molecule has 0 spiro atoms. The lowest BCUT2D eigenvalue weighted by atomic mass is 10.2. The highest BCUT2D eigenvalue weighted by molar-refractivity contribution is 7.84. The molecule has 0 amide bonds. The highest BCUT2D eigenvalue weighted by atomic mass is 32.2. The number of nitrogens with zero attached hydrogens (tertiary/aromatic N) is 10. The van der Waals surface area contributed by atoms with Crippen molar-refractivity contribution >= 4 is 43.7 Å².